The molecule has 0 fully saturated rings. The van der Waals surface area contributed by atoms with Crippen LogP contribution in [0.2, 0.25) is 0 Å². The number of aromatic nitrogens is 1. The summed E-state index contributed by atoms with van der Waals surface area (Å²) in [7, 11) is 0. The van der Waals surface area contributed by atoms with Crippen LogP contribution in [0.4, 0.5) is 17.1 Å². The van der Waals surface area contributed by atoms with Crippen molar-refractivity contribution in [3.8, 4) is 39.1 Å². The molecule has 0 spiro atoms. The Hall–Kier alpha value is -7.16. The smallest absolute Gasteiger partial charge is 0.0541 e. The summed E-state index contributed by atoms with van der Waals surface area (Å²) in [5.41, 5.74) is 14.0. The lowest BCUT2D eigenvalue weighted by molar-refractivity contribution is 1.18. The minimum atomic E-state index is 1.09. The molecule has 0 saturated heterocycles. The van der Waals surface area contributed by atoms with Gasteiger partial charge in [0.25, 0.3) is 0 Å². The van der Waals surface area contributed by atoms with Crippen LogP contribution in [0.15, 0.2) is 218 Å². The molecule has 10 rings (SSSR count). The summed E-state index contributed by atoms with van der Waals surface area (Å²) in [6.45, 7) is 0. The normalized spacial score (nSPS) is 11.3. The van der Waals surface area contributed by atoms with Crippen LogP contribution < -0.4 is 4.90 Å². The van der Waals surface area contributed by atoms with E-state index in [0.29, 0.717) is 0 Å². The van der Waals surface area contributed by atoms with Gasteiger partial charge in [0.05, 0.1) is 16.7 Å². The van der Waals surface area contributed by atoms with E-state index in [9.17, 15) is 0 Å². The molecule has 0 saturated carbocycles. The van der Waals surface area contributed by atoms with Crippen molar-refractivity contribution < 1.29 is 0 Å². The van der Waals surface area contributed by atoms with Gasteiger partial charge in [-0.2, -0.15) is 0 Å². The molecular weight excluding hydrogens is 653 g/mol. The number of anilines is 3. The maximum atomic E-state index is 2.43. The van der Waals surface area contributed by atoms with Crippen LogP contribution in [0.3, 0.4) is 0 Å². The summed E-state index contributed by atoms with van der Waals surface area (Å²) in [5, 5.41) is 5.01. The van der Waals surface area contributed by atoms with Crippen molar-refractivity contribution in [2.45, 2.75) is 0 Å². The van der Waals surface area contributed by atoms with Crippen LogP contribution in [0.5, 0.6) is 0 Å². The van der Waals surface area contributed by atoms with Crippen LogP contribution >= 0.6 is 0 Å². The number of rotatable bonds is 7. The van der Waals surface area contributed by atoms with Gasteiger partial charge in [-0.3, -0.25) is 0 Å². The molecule has 0 aliphatic rings. The van der Waals surface area contributed by atoms with Gasteiger partial charge in [-0.1, -0.05) is 158 Å². The van der Waals surface area contributed by atoms with E-state index in [-0.39, 0.29) is 0 Å². The minimum absolute atomic E-state index is 1.09. The summed E-state index contributed by atoms with van der Waals surface area (Å²) < 4.78 is 2.43. The Labute approximate surface area is 315 Å². The molecule has 0 aliphatic heterocycles. The number of hydrogen-bond donors (Lipinski definition) is 0. The van der Waals surface area contributed by atoms with Gasteiger partial charge in [0, 0.05) is 33.4 Å². The summed E-state index contributed by atoms with van der Waals surface area (Å²) in [6, 6.07) is 78.9. The van der Waals surface area contributed by atoms with E-state index in [1.165, 1.54) is 66.0 Å². The Balaban J connectivity index is 1.14. The van der Waals surface area contributed by atoms with Crippen LogP contribution in [-0.2, 0) is 0 Å². The fraction of sp³-hybridized carbons (Fsp3) is 0. The second kappa shape index (κ2) is 13.4. The van der Waals surface area contributed by atoms with Crippen LogP contribution in [0.25, 0.3) is 71.6 Å². The fourth-order valence-electron chi connectivity index (χ4n) is 8.04. The minimum Gasteiger partial charge on any atom is -0.310 e. The molecule has 0 N–H and O–H groups in total. The molecule has 2 heteroatoms. The lowest BCUT2D eigenvalue weighted by Crippen LogP contribution is -2.10. The predicted octanol–water partition coefficient (Wildman–Crippen LogP) is 14.4. The molecule has 9 aromatic carbocycles. The zero-order valence-electron chi connectivity index (χ0n) is 29.7. The molecule has 2 nitrogen and oxygen atoms in total. The molecule has 0 bridgehead atoms. The van der Waals surface area contributed by atoms with Crippen molar-refractivity contribution >= 4 is 49.6 Å². The highest BCUT2D eigenvalue weighted by atomic mass is 15.1. The molecule has 0 aliphatic carbocycles. The number of hydrogen-bond acceptors (Lipinski definition) is 1. The lowest BCUT2D eigenvalue weighted by Gasteiger charge is -2.27. The van der Waals surface area contributed by atoms with E-state index < -0.39 is 0 Å². The number of benzene rings is 9. The third kappa shape index (κ3) is 5.53. The topological polar surface area (TPSA) is 8.17 Å². The maximum absolute atomic E-state index is 2.43. The molecule has 0 radical (unpaired) electrons. The average molecular weight is 689 g/mol. The summed E-state index contributed by atoms with van der Waals surface area (Å²) in [4.78, 5) is 2.36. The van der Waals surface area contributed by atoms with Crippen LogP contribution in [0, 0.1) is 0 Å². The van der Waals surface area contributed by atoms with Gasteiger partial charge in [-0.15, -0.1) is 0 Å². The van der Waals surface area contributed by atoms with E-state index >= 15 is 0 Å². The maximum Gasteiger partial charge on any atom is 0.0541 e. The fourth-order valence-corrected chi connectivity index (χ4v) is 8.04. The van der Waals surface area contributed by atoms with Gasteiger partial charge in [-0.05, 0) is 99.3 Å². The quantitative estimate of drug-likeness (QED) is 0.162. The molecule has 1 aromatic heterocycles. The Morgan fingerprint density at radius 1 is 0.296 bits per heavy atom. The van der Waals surface area contributed by atoms with Gasteiger partial charge in [-0.25, -0.2) is 0 Å². The van der Waals surface area contributed by atoms with Crippen molar-refractivity contribution in [2.24, 2.45) is 0 Å². The molecule has 54 heavy (non-hydrogen) atoms. The van der Waals surface area contributed by atoms with Crippen molar-refractivity contribution in [2.75, 3.05) is 4.90 Å². The molecule has 10 aromatic rings. The first-order valence-corrected chi connectivity index (χ1v) is 18.5. The molecular formula is C52H36N2. The van der Waals surface area contributed by atoms with Gasteiger partial charge in [0.15, 0.2) is 0 Å². The van der Waals surface area contributed by atoms with Crippen molar-refractivity contribution in [1.82, 2.24) is 4.57 Å². The van der Waals surface area contributed by atoms with Gasteiger partial charge in [0.2, 0.25) is 0 Å². The second-order valence-electron chi connectivity index (χ2n) is 13.8. The van der Waals surface area contributed by atoms with Gasteiger partial charge in [0.1, 0.15) is 0 Å². The molecule has 254 valence electrons. The number of para-hydroxylation sites is 4. The monoisotopic (exact) mass is 688 g/mol. The highest BCUT2D eigenvalue weighted by Crippen LogP contribution is 2.43. The average Bonchev–Trinajstić information content (AvgIpc) is 3.59. The predicted molar refractivity (Wildman–Crippen MR) is 229 cm³/mol. The molecule has 0 atom stereocenters. The third-order valence-electron chi connectivity index (χ3n) is 10.6. The van der Waals surface area contributed by atoms with Crippen LogP contribution in [0.1, 0.15) is 0 Å². The first-order chi connectivity index (χ1) is 26.8. The SMILES string of the molecule is c1ccc(-c2cc(N(c3ccccc3)c3ccc(-c4ccc5ccccc5c4)cc3)ccc2-c2ccccc2-n2c3ccccc3c3ccccc32)cc1. The Bertz CT molecular complexity index is 2870. The summed E-state index contributed by atoms with van der Waals surface area (Å²) >= 11 is 0. The van der Waals surface area contributed by atoms with E-state index in [4.69, 9.17) is 0 Å². The molecule has 0 unspecified atom stereocenters. The highest BCUT2D eigenvalue weighted by Gasteiger charge is 2.20. The van der Waals surface area contributed by atoms with Gasteiger partial charge < -0.3 is 9.47 Å². The summed E-state index contributed by atoms with van der Waals surface area (Å²) in [5.74, 6) is 0. The van der Waals surface area contributed by atoms with Gasteiger partial charge >= 0.3 is 0 Å². The number of nitrogens with zero attached hydrogens (tertiary/aromatic N) is 2. The lowest BCUT2D eigenvalue weighted by atomic mass is 9.92. The summed E-state index contributed by atoms with van der Waals surface area (Å²) in [6.07, 6.45) is 0. The molecule has 1 heterocycles. The van der Waals surface area contributed by atoms with E-state index in [1.54, 1.807) is 0 Å². The largest absolute Gasteiger partial charge is 0.310 e. The van der Waals surface area contributed by atoms with Crippen molar-refractivity contribution in [1.29, 1.82) is 0 Å². The zero-order valence-corrected chi connectivity index (χ0v) is 29.7. The molecule has 0 amide bonds. The van der Waals surface area contributed by atoms with E-state index in [0.717, 1.165) is 22.7 Å². The van der Waals surface area contributed by atoms with E-state index in [2.05, 4.69) is 228 Å². The van der Waals surface area contributed by atoms with Crippen molar-refractivity contribution in [3.63, 3.8) is 0 Å². The zero-order chi connectivity index (χ0) is 35.8. The highest BCUT2D eigenvalue weighted by molar-refractivity contribution is 6.10. The Kier molecular flexibility index (Phi) is 7.85. The Morgan fingerprint density at radius 3 is 1.59 bits per heavy atom. The Morgan fingerprint density at radius 2 is 0.852 bits per heavy atom. The van der Waals surface area contributed by atoms with Crippen molar-refractivity contribution in [3.05, 3.63) is 218 Å². The van der Waals surface area contributed by atoms with Crippen LogP contribution in [-0.4, -0.2) is 4.57 Å². The first kappa shape index (κ1) is 31.6. The standard InChI is InChI=1S/C52H36N2/c1-3-16-39(17-4-1)49-36-44(33-34-45(49)46-21-9-12-24-50(46)54-51-25-13-10-22-47(51)48-23-11-14-26-52(48)54)53(42-19-5-2-6-20-42)43-31-29-38(30-32-43)41-28-27-37-15-7-8-18-40(37)35-41/h1-36H. The first-order valence-electron chi connectivity index (χ1n) is 18.5. The number of fused-ring (bicyclic) bond motifs is 4. The third-order valence-corrected chi connectivity index (χ3v) is 10.6. The van der Waals surface area contributed by atoms with E-state index in [1.807, 2.05) is 0 Å². The second-order valence-corrected chi connectivity index (χ2v) is 13.8.